The predicted molar refractivity (Wildman–Crippen MR) is 141 cm³/mol. The molecule has 1 aromatic heterocycles. The van der Waals surface area contributed by atoms with Crippen molar-refractivity contribution in [1.82, 2.24) is 14.8 Å². The monoisotopic (exact) mass is 507 g/mol. The second kappa shape index (κ2) is 10.2. The molecule has 1 aliphatic heterocycles. The number of aromatic nitrogens is 3. The number of hydrogen-bond acceptors (Lipinski definition) is 5. The highest BCUT2D eigenvalue weighted by atomic mass is 35.5. The normalized spacial score (nSPS) is 14.1. The summed E-state index contributed by atoms with van der Waals surface area (Å²) < 4.78 is 6.91. The zero-order chi connectivity index (χ0) is 23.7. The van der Waals surface area contributed by atoms with Crippen LogP contribution in [-0.2, 0) is 0 Å². The zero-order valence-electron chi connectivity index (χ0n) is 19.0. The predicted octanol–water partition coefficient (Wildman–Crippen LogP) is 5.98. The molecule has 0 saturated carbocycles. The number of carbonyl (C=O) groups is 1. The van der Waals surface area contributed by atoms with E-state index in [0.29, 0.717) is 22.3 Å². The number of allylic oxidation sites excluding steroid dienone is 1. The molecule has 0 fully saturated rings. The lowest BCUT2D eigenvalue weighted by Crippen LogP contribution is -2.20. The molecule has 0 aliphatic carbocycles. The van der Waals surface area contributed by atoms with E-state index >= 15 is 0 Å². The van der Waals surface area contributed by atoms with Crippen LogP contribution in [0.2, 0.25) is 5.02 Å². The number of ether oxygens (including phenoxy) is 1. The Kier molecular flexibility index (Phi) is 7.10. The highest BCUT2D eigenvalue weighted by Gasteiger charge is 2.26. The maximum absolute atomic E-state index is 12.7. The summed E-state index contributed by atoms with van der Waals surface area (Å²) in [6.07, 6.45) is 2.09. The number of benzene rings is 3. The molecule has 2 heterocycles. The van der Waals surface area contributed by atoms with E-state index in [1.165, 1.54) is 5.56 Å². The second-order valence-corrected chi connectivity index (χ2v) is 8.39. The minimum absolute atomic E-state index is 0. The maximum atomic E-state index is 12.7. The standard InChI is InChI=1S/C26H22ClN5O2.ClH/c1-16-3-5-17(6-4-16)22-15-23(18-7-11-20(27)12-8-18)32-26(28-22)30-25(31-32)29-24(33)19-9-13-21(34-2)14-10-19;/h3-15,23H,1-2H3,(H2,28,29,30,31,33);1H. The van der Waals surface area contributed by atoms with Crippen molar-refractivity contribution in [2.24, 2.45) is 0 Å². The van der Waals surface area contributed by atoms with Crippen LogP contribution < -0.4 is 15.4 Å². The van der Waals surface area contributed by atoms with Gasteiger partial charge in [0, 0.05) is 16.3 Å². The molecule has 1 aliphatic rings. The number of aryl methyl sites for hydroxylation is 1. The molecule has 178 valence electrons. The number of halogens is 2. The van der Waals surface area contributed by atoms with Gasteiger partial charge in [0.15, 0.2) is 0 Å². The lowest BCUT2D eigenvalue weighted by molar-refractivity contribution is 0.102. The Hall–Kier alpha value is -3.81. The SMILES string of the molecule is COc1ccc(C(=O)Nc2nc3n(n2)C(c2ccc(Cl)cc2)C=C(c2ccc(C)cc2)N3)cc1.Cl. The van der Waals surface area contributed by atoms with Crippen molar-refractivity contribution in [2.45, 2.75) is 13.0 Å². The van der Waals surface area contributed by atoms with Crippen LogP contribution in [0.15, 0.2) is 78.9 Å². The molecule has 4 aromatic rings. The van der Waals surface area contributed by atoms with Crippen LogP contribution in [0.3, 0.4) is 0 Å². The summed E-state index contributed by atoms with van der Waals surface area (Å²) in [6.45, 7) is 2.05. The number of anilines is 2. The zero-order valence-corrected chi connectivity index (χ0v) is 20.6. The largest absolute Gasteiger partial charge is 0.497 e. The van der Waals surface area contributed by atoms with Crippen LogP contribution in [0, 0.1) is 6.92 Å². The minimum atomic E-state index is -0.305. The number of rotatable bonds is 5. The van der Waals surface area contributed by atoms with Gasteiger partial charge >= 0.3 is 0 Å². The van der Waals surface area contributed by atoms with E-state index in [0.717, 1.165) is 16.8 Å². The molecule has 1 atom stereocenters. The van der Waals surface area contributed by atoms with Crippen LogP contribution in [0.5, 0.6) is 5.75 Å². The average molecular weight is 508 g/mol. The van der Waals surface area contributed by atoms with Gasteiger partial charge in [-0.3, -0.25) is 10.1 Å². The first kappa shape index (κ1) is 24.3. The third kappa shape index (κ3) is 5.16. The van der Waals surface area contributed by atoms with E-state index in [4.69, 9.17) is 16.3 Å². The Bertz CT molecular complexity index is 1360. The topological polar surface area (TPSA) is 81.1 Å². The summed E-state index contributed by atoms with van der Waals surface area (Å²) in [7, 11) is 1.58. The number of hydrogen-bond donors (Lipinski definition) is 2. The summed E-state index contributed by atoms with van der Waals surface area (Å²) >= 11 is 6.11. The van der Waals surface area contributed by atoms with Gasteiger partial charge in [-0.15, -0.1) is 17.5 Å². The first-order chi connectivity index (χ1) is 16.5. The fraction of sp³-hybridized carbons (Fsp3) is 0.115. The summed E-state index contributed by atoms with van der Waals surface area (Å²) in [5, 5.41) is 11.4. The summed E-state index contributed by atoms with van der Waals surface area (Å²) in [5.74, 6) is 1.11. The van der Waals surface area contributed by atoms with Gasteiger partial charge in [0.1, 0.15) is 11.8 Å². The van der Waals surface area contributed by atoms with Crippen molar-refractivity contribution < 1.29 is 9.53 Å². The van der Waals surface area contributed by atoms with Gasteiger partial charge in [0.25, 0.3) is 11.9 Å². The van der Waals surface area contributed by atoms with Crippen molar-refractivity contribution in [1.29, 1.82) is 0 Å². The first-order valence-corrected chi connectivity index (χ1v) is 11.1. The quantitative estimate of drug-likeness (QED) is 0.347. The van der Waals surface area contributed by atoms with Crippen molar-refractivity contribution in [2.75, 3.05) is 17.7 Å². The molecule has 7 nitrogen and oxygen atoms in total. The smallest absolute Gasteiger partial charge is 0.258 e. The molecular formula is C26H23Cl2N5O2. The summed E-state index contributed by atoms with van der Waals surface area (Å²) in [6, 6.07) is 22.5. The van der Waals surface area contributed by atoms with E-state index in [-0.39, 0.29) is 30.3 Å². The van der Waals surface area contributed by atoms with Crippen LogP contribution in [-0.4, -0.2) is 27.8 Å². The number of carbonyl (C=O) groups excluding carboxylic acids is 1. The third-order valence-corrected chi connectivity index (χ3v) is 5.87. The Morgan fingerprint density at radius 1 is 1.03 bits per heavy atom. The lowest BCUT2D eigenvalue weighted by atomic mass is 10.0. The van der Waals surface area contributed by atoms with Crippen molar-refractivity contribution >= 4 is 47.5 Å². The molecule has 0 bridgehead atoms. The molecule has 5 rings (SSSR count). The molecule has 1 unspecified atom stereocenters. The summed E-state index contributed by atoms with van der Waals surface area (Å²) in [5.41, 5.74) is 4.60. The average Bonchev–Trinajstić information content (AvgIpc) is 3.27. The van der Waals surface area contributed by atoms with Gasteiger partial charge in [-0.1, -0.05) is 53.6 Å². The molecular weight excluding hydrogens is 485 g/mol. The number of methoxy groups -OCH3 is 1. The molecule has 0 radical (unpaired) electrons. The van der Waals surface area contributed by atoms with E-state index in [9.17, 15) is 4.79 Å². The van der Waals surface area contributed by atoms with E-state index in [1.807, 2.05) is 24.3 Å². The van der Waals surface area contributed by atoms with Gasteiger partial charge in [-0.05, 0) is 60.5 Å². The number of fused-ring (bicyclic) bond motifs is 1. The highest BCUT2D eigenvalue weighted by Crippen LogP contribution is 2.33. The minimum Gasteiger partial charge on any atom is -0.497 e. The first-order valence-electron chi connectivity index (χ1n) is 10.7. The third-order valence-electron chi connectivity index (χ3n) is 5.62. The van der Waals surface area contributed by atoms with Gasteiger partial charge in [0.2, 0.25) is 5.95 Å². The van der Waals surface area contributed by atoms with E-state index in [2.05, 4.69) is 58.0 Å². The fourth-order valence-electron chi connectivity index (χ4n) is 3.76. The second-order valence-electron chi connectivity index (χ2n) is 7.95. The highest BCUT2D eigenvalue weighted by molar-refractivity contribution is 6.30. The molecule has 0 spiro atoms. The number of nitrogens with one attached hydrogen (secondary N) is 2. The Morgan fingerprint density at radius 3 is 2.37 bits per heavy atom. The Labute approximate surface area is 214 Å². The van der Waals surface area contributed by atoms with Crippen LogP contribution in [0.25, 0.3) is 5.70 Å². The molecule has 3 aromatic carbocycles. The van der Waals surface area contributed by atoms with E-state index < -0.39 is 0 Å². The fourth-order valence-corrected chi connectivity index (χ4v) is 3.89. The van der Waals surface area contributed by atoms with Crippen LogP contribution >= 0.6 is 24.0 Å². The molecule has 9 heteroatoms. The Morgan fingerprint density at radius 2 is 1.71 bits per heavy atom. The Balaban J connectivity index is 0.00000289. The van der Waals surface area contributed by atoms with Crippen molar-refractivity contribution in [3.8, 4) is 5.75 Å². The molecule has 2 N–H and O–H groups in total. The molecule has 0 saturated heterocycles. The number of nitrogens with zero attached hydrogens (tertiary/aromatic N) is 3. The van der Waals surface area contributed by atoms with Gasteiger partial charge in [-0.2, -0.15) is 4.98 Å². The van der Waals surface area contributed by atoms with E-state index in [1.54, 1.807) is 36.1 Å². The van der Waals surface area contributed by atoms with Gasteiger partial charge in [0.05, 0.1) is 7.11 Å². The van der Waals surface area contributed by atoms with Crippen molar-refractivity contribution in [3.05, 3.63) is 106 Å². The van der Waals surface area contributed by atoms with Gasteiger partial charge < -0.3 is 10.1 Å². The lowest BCUT2D eigenvalue weighted by Gasteiger charge is -2.24. The van der Waals surface area contributed by atoms with Gasteiger partial charge in [-0.25, -0.2) is 4.68 Å². The maximum Gasteiger partial charge on any atom is 0.258 e. The van der Waals surface area contributed by atoms with Crippen LogP contribution in [0.4, 0.5) is 11.9 Å². The van der Waals surface area contributed by atoms with Crippen molar-refractivity contribution in [3.63, 3.8) is 0 Å². The molecule has 35 heavy (non-hydrogen) atoms. The number of amides is 1. The van der Waals surface area contributed by atoms with Crippen LogP contribution in [0.1, 0.15) is 33.1 Å². The summed E-state index contributed by atoms with van der Waals surface area (Å²) in [4.78, 5) is 17.3. The molecule has 1 amide bonds.